The van der Waals surface area contributed by atoms with Crippen LogP contribution in [-0.2, 0) is 12.6 Å². The number of fused-ring (bicyclic) bond motifs is 1. The van der Waals surface area contributed by atoms with Gasteiger partial charge in [0.15, 0.2) is 0 Å². The maximum Gasteiger partial charge on any atom is 0.433 e. The quantitative estimate of drug-likeness (QED) is 0.761. The van der Waals surface area contributed by atoms with Crippen molar-refractivity contribution in [3.8, 4) is 6.07 Å². The topological polar surface area (TPSA) is 36.7 Å². The second kappa shape index (κ2) is 4.06. The summed E-state index contributed by atoms with van der Waals surface area (Å²) in [6, 6.07) is 9.29. The zero-order valence-electron chi connectivity index (χ0n) is 8.62. The molecule has 0 bridgehead atoms. The van der Waals surface area contributed by atoms with Gasteiger partial charge < -0.3 is 0 Å². The molecule has 1 heterocycles. The highest BCUT2D eigenvalue weighted by atomic mass is 19.4. The minimum atomic E-state index is -4.49. The standard InChI is InChI=1S/C12H7F3N2/c13-12(14,15)11-7-8(5-6-16)9-3-1-2-4-10(9)17-11/h1-4,7H,5H2. The van der Waals surface area contributed by atoms with E-state index in [1.165, 1.54) is 6.07 Å². The second-order valence-corrected chi connectivity index (χ2v) is 3.52. The van der Waals surface area contributed by atoms with Crippen LogP contribution in [0, 0.1) is 11.3 Å². The summed E-state index contributed by atoms with van der Waals surface area (Å²) in [5.74, 6) is 0. The molecule has 2 aromatic rings. The lowest BCUT2D eigenvalue weighted by Gasteiger charge is -2.09. The maximum atomic E-state index is 12.6. The van der Waals surface area contributed by atoms with Crippen molar-refractivity contribution in [2.24, 2.45) is 0 Å². The van der Waals surface area contributed by atoms with E-state index in [4.69, 9.17) is 5.26 Å². The molecule has 0 radical (unpaired) electrons. The lowest BCUT2D eigenvalue weighted by molar-refractivity contribution is -0.141. The van der Waals surface area contributed by atoms with Gasteiger partial charge in [-0.1, -0.05) is 18.2 Å². The van der Waals surface area contributed by atoms with E-state index in [2.05, 4.69) is 4.98 Å². The first-order chi connectivity index (χ1) is 8.02. The number of benzene rings is 1. The van der Waals surface area contributed by atoms with Crippen molar-refractivity contribution in [2.75, 3.05) is 0 Å². The van der Waals surface area contributed by atoms with Crippen LogP contribution in [0.5, 0.6) is 0 Å². The van der Waals surface area contributed by atoms with Gasteiger partial charge in [-0.3, -0.25) is 0 Å². The van der Waals surface area contributed by atoms with Gasteiger partial charge in [0.25, 0.3) is 0 Å². The predicted molar refractivity (Wildman–Crippen MR) is 56.1 cm³/mol. The monoisotopic (exact) mass is 236 g/mol. The molecule has 17 heavy (non-hydrogen) atoms. The molecule has 0 N–H and O–H groups in total. The predicted octanol–water partition coefficient (Wildman–Crippen LogP) is 3.32. The van der Waals surface area contributed by atoms with Gasteiger partial charge in [0.1, 0.15) is 5.69 Å². The molecule has 0 unspecified atom stereocenters. The molecule has 0 saturated heterocycles. The van der Waals surface area contributed by atoms with Crippen molar-refractivity contribution >= 4 is 10.9 Å². The Morgan fingerprint density at radius 3 is 2.59 bits per heavy atom. The van der Waals surface area contributed by atoms with Crippen LogP contribution in [0.1, 0.15) is 11.3 Å². The van der Waals surface area contributed by atoms with E-state index in [9.17, 15) is 13.2 Å². The highest BCUT2D eigenvalue weighted by molar-refractivity contribution is 5.82. The summed E-state index contributed by atoms with van der Waals surface area (Å²) in [6.07, 6.45) is -4.56. The van der Waals surface area contributed by atoms with Crippen LogP contribution in [0.3, 0.4) is 0 Å². The minimum Gasteiger partial charge on any atom is -0.243 e. The third-order valence-electron chi connectivity index (χ3n) is 2.36. The van der Waals surface area contributed by atoms with Gasteiger partial charge in [0.05, 0.1) is 18.0 Å². The SMILES string of the molecule is N#CCc1cc(C(F)(F)F)nc2ccccc12. The molecule has 0 aliphatic rings. The molecule has 2 nitrogen and oxygen atoms in total. The van der Waals surface area contributed by atoms with Crippen LogP contribution in [0.15, 0.2) is 30.3 Å². The van der Waals surface area contributed by atoms with E-state index in [-0.39, 0.29) is 11.9 Å². The Hall–Kier alpha value is -2.09. The Morgan fingerprint density at radius 2 is 1.94 bits per heavy atom. The first-order valence-electron chi connectivity index (χ1n) is 4.85. The number of para-hydroxylation sites is 1. The number of aromatic nitrogens is 1. The molecule has 5 heteroatoms. The molecule has 0 fully saturated rings. The van der Waals surface area contributed by atoms with E-state index >= 15 is 0 Å². The Labute approximate surface area is 95.3 Å². The second-order valence-electron chi connectivity index (χ2n) is 3.52. The van der Waals surface area contributed by atoms with E-state index < -0.39 is 11.9 Å². The number of hydrogen-bond acceptors (Lipinski definition) is 2. The molecule has 1 aromatic heterocycles. The van der Waals surface area contributed by atoms with Gasteiger partial charge >= 0.3 is 6.18 Å². The lowest BCUT2D eigenvalue weighted by atomic mass is 10.1. The third-order valence-corrected chi connectivity index (χ3v) is 2.36. The first-order valence-corrected chi connectivity index (χ1v) is 4.85. The zero-order chi connectivity index (χ0) is 12.5. The Kier molecular flexibility index (Phi) is 2.72. The van der Waals surface area contributed by atoms with Crippen LogP contribution in [-0.4, -0.2) is 4.98 Å². The van der Waals surface area contributed by atoms with Crippen LogP contribution in [0.4, 0.5) is 13.2 Å². The van der Waals surface area contributed by atoms with Crippen LogP contribution in [0.25, 0.3) is 10.9 Å². The van der Waals surface area contributed by atoms with E-state index in [0.29, 0.717) is 10.9 Å². The largest absolute Gasteiger partial charge is 0.433 e. The molecule has 2 rings (SSSR count). The molecule has 0 atom stereocenters. The lowest BCUT2D eigenvalue weighted by Crippen LogP contribution is -2.09. The molecule has 0 aliphatic carbocycles. The molecule has 0 amide bonds. The van der Waals surface area contributed by atoms with Crippen molar-refractivity contribution in [3.63, 3.8) is 0 Å². The number of halogens is 3. The fourth-order valence-corrected chi connectivity index (χ4v) is 1.62. The third kappa shape index (κ3) is 2.21. The summed E-state index contributed by atoms with van der Waals surface area (Å²) in [6.45, 7) is 0. The number of alkyl halides is 3. The minimum absolute atomic E-state index is 0.0634. The summed E-state index contributed by atoms with van der Waals surface area (Å²) in [4.78, 5) is 3.55. The van der Waals surface area contributed by atoms with Crippen molar-refractivity contribution in [1.29, 1.82) is 5.26 Å². The van der Waals surface area contributed by atoms with Gasteiger partial charge in [0, 0.05) is 5.39 Å². The maximum absolute atomic E-state index is 12.6. The summed E-state index contributed by atoms with van der Waals surface area (Å²) in [5.41, 5.74) is -0.348. The zero-order valence-corrected chi connectivity index (χ0v) is 8.62. The van der Waals surface area contributed by atoms with Gasteiger partial charge in [-0.05, 0) is 17.7 Å². The molecule has 0 aliphatic heterocycles. The Balaban J connectivity index is 2.72. The smallest absolute Gasteiger partial charge is 0.243 e. The van der Waals surface area contributed by atoms with E-state index in [1.807, 2.05) is 6.07 Å². The van der Waals surface area contributed by atoms with Crippen LogP contribution >= 0.6 is 0 Å². The Bertz CT molecular complexity index is 597. The fraction of sp³-hybridized carbons (Fsp3) is 0.167. The van der Waals surface area contributed by atoms with Crippen LogP contribution < -0.4 is 0 Å². The molecule has 1 aromatic carbocycles. The first kappa shape index (κ1) is 11.4. The molecule has 0 saturated carbocycles. The van der Waals surface area contributed by atoms with Gasteiger partial charge in [-0.25, -0.2) is 4.98 Å². The molecular weight excluding hydrogens is 229 g/mol. The Morgan fingerprint density at radius 1 is 1.24 bits per heavy atom. The average Bonchev–Trinajstić information content (AvgIpc) is 2.28. The normalized spacial score (nSPS) is 11.4. The van der Waals surface area contributed by atoms with Crippen molar-refractivity contribution in [3.05, 3.63) is 41.6 Å². The van der Waals surface area contributed by atoms with E-state index in [0.717, 1.165) is 6.07 Å². The molecule has 86 valence electrons. The number of nitriles is 1. The van der Waals surface area contributed by atoms with E-state index in [1.54, 1.807) is 18.2 Å². The highest BCUT2D eigenvalue weighted by Gasteiger charge is 2.33. The van der Waals surface area contributed by atoms with Crippen molar-refractivity contribution in [2.45, 2.75) is 12.6 Å². The van der Waals surface area contributed by atoms with Crippen molar-refractivity contribution < 1.29 is 13.2 Å². The summed E-state index contributed by atoms with van der Waals surface area (Å²) in [7, 11) is 0. The van der Waals surface area contributed by atoms with Gasteiger partial charge in [-0.15, -0.1) is 0 Å². The number of rotatable bonds is 1. The highest BCUT2D eigenvalue weighted by Crippen LogP contribution is 2.30. The van der Waals surface area contributed by atoms with Gasteiger partial charge in [-0.2, -0.15) is 18.4 Å². The van der Waals surface area contributed by atoms with Crippen LogP contribution in [0.2, 0.25) is 0 Å². The molecule has 0 spiro atoms. The number of hydrogen-bond donors (Lipinski definition) is 0. The van der Waals surface area contributed by atoms with Gasteiger partial charge in [0.2, 0.25) is 0 Å². The summed E-state index contributed by atoms with van der Waals surface area (Å²) >= 11 is 0. The number of pyridine rings is 1. The summed E-state index contributed by atoms with van der Waals surface area (Å²) < 4.78 is 37.8. The average molecular weight is 236 g/mol. The summed E-state index contributed by atoms with van der Waals surface area (Å²) in [5, 5.41) is 9.21. The molecular formula is C12H7F3N2. The van der Waals surface area contributed by atoms with Crippen molar-refractivity contribution in [1.82, 2.24) is 4.98 Å². The number of nitrogens with zero attached hydrogens (tertiary/aromatic N) is 2. The fourth-order valence-electron chi connectivity index (χ4n) is 1.62.